The summed E-state index contributed by atoms with van der Waals surface area (Å²) in [6.07, 6.45) is -0.873. The van der Waals surface area contributed by atoms with Gasteiger partial charge in [0.2, 0.25) is 5.91 Å². The first-order valence-corrected chi connectivity index (χ1v) is 5.57. The monoisotopic (exact) mass is 306 g/mol. The third-order valence-electron chi connectivity index (χ3n) is 2.64. The largest absolute Gasteiger partial charge is 0.443 e. The summed E-state index contributed by atoms with van der Waals surface area (Å²) in [4.78, 5) is 21.9. The molecule has 1 fully saturated rings. The van der Waals surface area contributed by atoms with Crippen molar-refractivity contribution in [3.8, 4) is 0 Å². The maximum Gasteiger partial charge on any atom is 0.408 e. The molecule has 0 aromatic heterocycles. The molecule has 0 bridgehead atoms. The van der Waals surface area contributed by atoms with E-state index in [1.54, 1.807) is 0 Å². The zero-order valence-electron chi connectivity index (χ0n) is 10.5. The predicted octanol–water partition coefficient (Wildman–Crippen LogP) is 2.48. The normalized spacial score (nSPS) is 20.1. The van der Waals surface area contributed by atoms with Gasteiger partial charge in [-0.15, -0.1) is 12.4 Å². The van der Waals surface area contributed by atoms with Crippen molar-refractivity contribution in [2.24, 2.45) is 0 Å². The third kappa shape index (κ3) is 3.57. The molecule has 2 amide bonds. The summed E-state index contributed by atoms with van der Waals surface area (Å²) < 4.78 is 31.5. The van der Waals surface area contributed by atoms with Crippen LogP contribution in [0.15, 0.2) is 24.3 Å². The minimum atomic E-state index is -3.18. The number of amides is 2. The van der Waals surface area contributed by atoms with Gasteiger partial charge >= 0.3 is 12.0 Å². The van der Waals surface area contributed by atoms with Crippen molar-refractivity contribution in [1.29, 1.82) is 0 Å². The van der Waals surface area contributed by atoms with Gasteiger partial charge in [-0.3, -0.25) is 4.79 Å². The number of cyclic esters (lactones) is 1. The average Bonchev–Trinajstić information content (AvgIpc) is 2.33. The van der Waals surface area contributed by atoms with E-state index in [2.05, 4.69) is 15.4 Å². The number of ether oxygens (including phenoxy) is 1. The van der Waals surface area contributed by atoms with Crippen LogP contribution in [-0.4, -0.2) is 24.5 Å². The van der Waals surface area contributed by atoms with Gasteiger partial charge in [-0.2, -0.15) is 0 Å². The van der Waals surface area contributed by atoms with Crippen molar-refractivity contribution < 1.29 is 23.1 Å². The second-order valence-corrected chi connectivity index (χ2v) is 4.22. The molecule has 0 unspecified atom stereocenters. The van der Waals surface area contributed by atoms with Crippen LogP contribution in [0, 0.1) is 0 Å². The number of carbonyl (C=O) groups excluding carboxylic acids is 2. The van der Waals surface area contributed by atoms with E-state index >= 15 is 0 Å². The first kappa shape index (κ1) is 16.2. The molecule has 0 radical (unpaired) electrons. The van der Waals surface area contributed by atoms with Gasteiger partial charge in [-0.05, 0) is 17.7 Å². The van der Waals surface area contributed by atoms with E-state index in [1.807, 2.05) is 0 Å². The number of alkyl carbamates (subject to hydrolysis) is 1. The summed E-state index contributed by atoms with van der Waals surface area (Å²) in [5.74, 6) is -3.43. The van der Waals surface area contributed by atoms with Crippen LogP contribution in [0.2, 0.25) is 0 Å². The lowest BCUT2D eigenvalue weighted by Gasteiger charge is -2.31. The predicted molar refractivity (Wildman–Crippen MR) is 70.2 cm³/mol. The minimum absolute atomic E-state index is 0. The first-order valence-electron chi connectivity index (χ1n) is 5.57. The molecule has 0 aliphatic carbocycles. The molecule has 0 saturated carbocycles. The zero-order chi connectivity index (χ0) is 14.0. The van der Waals surface area contributed by atoms with Crippen molar-refractivity contribution in [1.82, 2.24) is 5.32 Å². The topological polar surface area (TPSA) is 67.4 Å². The number of nitrogens with one attached hydrogen (secondary N) is 2. The van der Waals surface area contributed by atoms with Crippen LogP contribution in [-0.2, 0) is 9.53 Å². The Hall–Kier alpha value is -1.89. The van der Waals surface area contributed by atoms with Crippen molar-refractivity contribution >= 4 is 30.1 Å². The molecule has 8 heteroatoms. The smallest absolute Gasteiger partial charge is 0.408 e. The fourth-order valence-electron chi connectivity index (χ4n) is 1.80. The van der Waals surface area contributed by atoms with E-state index in [0.717, 1.165) is 0 Å². The van der Waals surface area contributed by atoms with Gasteiger partial charge in [0.05, 0.1) is 0 Å². The molecule has 110 valence electrons. The molecule has 1 aromatic rings. The molecule has 20 heavy (non-hydrogen) atoms. The van der Waals surface area contributed by atoms with Crippen LogP contribution < -0.4 is 10.6 Å². The molecule has 1 aliphatic heterocycles. The minimum Gasteiger partial charge on any atom is -0.443 e. The summed E-state index contributed by atoms with van der Waals surface area (Å²) in [6.45, 7) is 0.401. The summed E-state index contributed by atoms with van der Waals surface area (Å²) in [5.41, 5.74) is 0.744. The Morgan fingerprint density at radius 3 is 2.55 bits per heavy atom. The van der Waals surface area contributed by atoms with E-state index in [0.29, 0.717) is 5.69 Å². The van der Waals surface area contributed by atoms with E-state index in [4.69, 9.17) is 0 Å². The van der Waals surface area contributed by atoms with Crippen LogP contribution in [0.4, 0.5) is 19.3 Å². The lowest BCUT2D eigenvalue weighted by molar-refractivity contribution is -0.114. The van der Waals surface area contributed by atoms with Gasteiger partial charge in [-0.25, -0.2) is 13.6 Å². The standard InChI is InChI=1S/C12H12F2N2O3.ClH/c1-7(17)15-9-4-2-8(3-5-9)10-12(13,14)6-19-11(18)16-10;/h2-5,10H,6H2,1H3,(H,15,17)(H,16,18);1H/t10-;/m1./s1. The van der Waals surface area contributed by atoms with Gasteiger partial charge in [0.1, 0.15) is 6.04 Å². The molecular weight excluding hydrogens is 294 g/mol. The highest BCUT2D eigenvalue weighted by Gasteiger charge is 2.46. The lowest BCUT2D eigenvalue weighted by Crippen LogP contribution is -2.49. The summed E-state index contributed by atoms with van der Waals surface area (Å²) in [5, 5.41) is 4.61. The number of alkyl halides is 2. The summed E-state index contributed by atoms with van der Waals surface area (Å²) in [7, 11) is 0. The van der Waals surface area contributed by atoms with Crippen molar-refractivity contribution in [2.45, 2.75) is 18.9 Å². The van der Waals surface area contributed by atoms with E-state index in [9.17, 15) is 18.4 Å². The second kappa shape index (κ2) is 6.04. The Bertz CT molecular complexity index is 508. The maximum absolute atomic E-state index is 13.6. The van der Waals surface area contributed by atoms with E-state index in [1.165, 1.54) is 31.2 Å². The Balaban J connectivity index is 0.00000200. The van der Waals surface area contributed by atoms with Crippen LogP contribution in [0.1, 0.15) is 18.5 Å². The molecule has 1 saturated heterocycles. The number of hydrogen-bond acceptors (Lipinski definition) is 3. The third-order valence-corrected chi connectivity index (χ3v) is 2.64. The molecule has 5 nitrogen and oxygen atoms in total. The molecule has 2 rings (SSSR count). The fourth-order valence-corrected chi connectivity index (χ4v) is 1.80. The summed E-state index contributed by atoms with van der Waals surface area (Å²) in [6, 6.07) is 4.41. The highest BCUT2D eigenvalue weighted by atomic mass is 35.5. The highest BCUT2D eigenvalue weighted by molar-refractivity contribution is 5.88. The quantitative estimate of drug-likeness (QED) is 0.882. The fraction of sp³-hybridized carbons (Fsp3) is 0.333. The first-order chi connectivity index (χ1) is 8.88. The Morgan fingerprint density at radius 1 is 1.40 bits per heavy atom. The highest BCUT2D eigenvalue weighted by Crippen LogP contribution is 2.34. The summed E-state index contributed by atoms with van der Waals surface area (Å²) >= 11 is 0. The van der Waals surface area contributed by atoms with Gasteiger partial charge < -0.3 is 15.4 Å². The average molecular weight is 307 g/mol. The zero-order valence-corrected chi connectivity index (χ0v) is 11.3. The van der Waals surface area contributed by atoms with Crippen LogP contribution in [0.5, 0.6) is 0 Å². The number of anilines is 1. The molecule has 1 aliphatic rings. The number of rotatable bonds is 2. The van der Waals surface area contributed by atoms with Gasteiger partial charge in [-0.1, -0.05) is 12.1 Å². The molecule has 1 heterocycles. The van der Waals surface area contributed by atoms with Gasteiger partial charge in [0.15, 0.2) is 6.61 Å². The molecule has 1 aromatic carbocycles. The molecule has 0 spiro atoms. The SMILES string of the molecule is CC(=O)Nc1ccc([C@H]2NC(=O)OCC2(F)F)cc1.Cl. The van der Waals surface area contributed by atoms with Gasteiger partial charge in [0.25, 0.3) is 0 Å². The number of benzene rings is 1. The van der Waals surface area contributed by atoms with Crippen LogP contribution >= 0.6 is 12.4 Å². The van der Waals surface area contributed by atoms with Crippen molar-refractivity contribution in [3.05, 3.63) is 29.8 Å². The number of halogens is 3. The lowest BCUT2D eigenvalue weighted by atomic mass is 10.00. The number of carbonyl (C=O) groups is 2. The van der Waals surface area contributed by atoms with E-state index in [-0.39, 0.29) is 23.9 Å². The molecular formula is C12H13ClF2N2O3. The Labute approximate surface area is 120 Å². The van der Waals surface area contributed by atoms with Crippen molar-refractivity contribution in [3.63, 3.8) is 0 Å². The van der Waals surface area contributed by atoms with Gasteiger partial charge in [0, 0.05) is 12.6 Å². The van der Waals surface area contributed by atoms with Crippen LogP contribution in [0.3, 0.4) is 0 Å². The Morgan fingerprint density at radius 2 is 2.00 bits per heavy atom. The maximum atomic E-state index is 13.6. The van der Waals surface area contributed by atoms with Crippen LogP contribution in [0.25, 0.3) is 0 Å². The van der Waals surface area contributed by atoms with E-state index < -0.39 is 24.7 Å². The number of hydrogen-bond donors (Lipinski definition) is 2. The molecule has 1 atom stereocenters. The Kier molecular flexibility index (Phi) is 4.88. The molecule has 2 N–H and O–H groups in total. The van der Waals surface area contributed by atoms with Crippen molar-refractivity contribution in [2.75, 3.05) is 11.9 Å². The second-order valence-electron chi connectivity index (χ2n) is 4.22.